The summed E-state index contributed by atoms with van der Waals surface area (Å²) in [7, 11) is 0. The van der Waals surface area contributed by atoms with Gasteiger partial charge in [-0.1, -0.05) is 12.8 Å². The van der Waals surface area contributed by atoms with Gasteiger partial charge in [0.15, 0.2) is 0 Å². The third-order valence-corrected chi connectivity index (χ3v) is 3.57. The molecule has 2 fully saturated rings. The van der Waals surface area contributed by atoms with E-state index in [0.29, 0.717) is 12.1 Å². The van der Waals surface area contributed by atoms with Crippen LogP contribution in [0.4, 0.5) is 0 Å². The van der Waals surface area contributed by atoms with Crippen LogP contribution in [0.3, 0.4) is 0 Å². The molecule has 1 heterocycles. The van der Waals surface area contributed by atoms with Crippen molar-refractivity contribution in [2.24, 2.45) is 5.73 Å². The highest BCUT2D eigenvalue weighted by Gasteiger charge is 2.26. The van der Waals surface area contributed by atoms with E-state index < -0.39 is 0 Å². The van der Waals surface area contributed by atoms with Gasteiger partial charge in [-0.25, -0.2) is 0 Å². The number of likely N-dealkylation sites (tertiary alicyclic amines) is 1. The second kappa shape index (κ2) is 5.10. The van der Waals surface area contributed by atoms with E-state index in [4.69, 9.17) is 10.5 Å². The Labute approximate surface area is 86.6 Å². The van der Waals surface area contributed by atoms with Gasteiger partial charge < -0.3 is 10.5 Å². The first-order chi connectivity index (χ1) is 6.90. The Morgan fingerprint density at radius 2 is 2.00 bits per heavy atom. The quantitative estimate of drug-likeness (QED) is 0.715. The van der Waals surface area contributed by atoms with Crippen molar-refractivity contribution in [1.29, 1.82) is 0 Å². The molecule has 1 unspecified atom stereocenters. The molecular formula is C11H22N2O. The van der Waals surface area contributed by atoms with E-state index >= 15 is 0 Å². The number of hydrogen-bond acceptors (Lipinski definition) is 3. The normalized spacial score (nSPS) is 29.4. The molecule has 82 valence electrons. The first kappa shape index (κ1) is 10.4. The van der Waals surface area contributed by atoms with Crippen LogP contribution in [0.25, 0.3) is 0 Å². The average molecular weight is 198 g/mol. The van der Waals surface area contributed by atoms with E-state index in [1.807, 2.05) is 0 Å². The summed E-state index contributed by atoms with van der Waals surface area (Å²) in [6, 6.07) is 0.641. The van der Waals surface area contributed by atoms with Crippen molar-refractivity contribution in [3.8, 4) is 0 Å². The summed E-state index contributed by atoms with van der Waals surface area (Å²) in [5.74, 6) is 0. The smallest absolute Gasteiger partial charge is 0.0597 e. The molecule has 2 rings (SSSR count). The second-order valence-electron chi connectivity index (χ2n) is 4.49. The van der Waals surface area contributed by atoms with Crippen molar-refractivity contribution in [3.63, 3.8) is 0 Å². The maximum Gasteiger partial charge on any atom is 0.0597 e. The number of ether oxygens (including phenoxy) is 1. The highest BCUT2D eigenvalue weighted by atomic mass is 16.5. The maximum atomic E-state index is 5.82. The lowest BCUT2D eigenvalue weighted by molar-refractivity contribution is 0.0109. The Hall–Kier alpha value is -0.120. The molecule has 0 spiro atoms. The number of nitrogens with zero attached hydrogens (tertiary/aromatic N) is 1. The molecule has 0 bridgehead atoms. The Morgan fingerprint density at radius 3 is 2.57 bits per heavy atom. The van der Waals surface area contributed by atoms with E-state index in [1.165, 1.54) is 38.6 Å². The predicted octanol–water partition coefficient (Wildman–Crippen LogP) is 0.979. The largest absolute Gasteiger partial charge is 0.377 e. The number of nitrogens with two attached hydrogens (primary N) is 1. The highest BCUT2D eigenvalue weighted by molar-refractivity contribution is 4.83. The molecular weight excluding hydrogens is 176 g/mol. The average Bonchev–Trinajstić information content (AvgIpc) is 2.64. The van der Waals surface area contributed by atoms with Gasteiger partial charge in [0.1, 0.15) is 0 Å². The van der Waals surface area contributed by atoms with Gasteiger partial charge >= 0.3 is 0 Å². The molecule has 2 aliphatic rings. The summed E-state index contributed by atoms with van der Waals surface area (Å²) in [5, 5.41) is 0. The van der Waals surface area contributed by atoms with E-state index in [0.717, 1.165) is 19.7 Å². The van der Waals surface area contributed by atoms with Crippen molar-refractivity contribution in [1.82, 2.24) is 4.90 Å². The summed E-state index contributed by atoms with van der Waals surface area (Å²) in [6.07, 6.45) is 7.12. The Bertz CT molecular complexity index is 167. The van der Waals surface area contributed by atoms with Crippen LogP contribution in [0.15, 0.2) is 0 Å². The van der Waals surface area contributed by atoms with Crippen LogP contribution in [0, 0.1) is 0 Å². The third kappa shape index (κ3) is 2.47. The van der Waals surface area contributed by atoms with Crippen molar-refractivity contribution in [3.05, 3.63) is 0 Å². The first-order valence-corrected chi connectivity index (χ1v) is 5.96. The maximum absolute atomic E-state index is 5.82. The molecule has 1 saturated heterocycles. The van der Waals surface area contributed by atoms with E-state index in [-0.39, 0.29) is 0 Å². The monoisotopic (exact) mass is 198 g/mol. The topological polar surface area (TPSA) is 38.5 Å². The first-order valence-electron chi connectivity index (χ1n) is 5.96. The van der Waals surface area contributed by atoms with E-state index in [9.17, 15) is 0 Å². The van der Waals surface area contributed by atoms with Gasteiger partial charge in [-0.15, -0.1) is 0 Å². The van der Waals surface area contributed by atoms with Gasteiger partial charge in [-0.05, 0) is 19.3 Å². The molecule has 0 aromatic heterocycles. The van der Waals surface area contributed by atoms with Gasteiger partial charge in [0.25, 0.3) is 0 Å². The van der Waals surface area contributed by atoms with Crippen LogP contribution in [-0.4, -0.2) is 43.3 Å². The van der Waals surface area contributed by atoms with Crippen molar-refractivity contribution >= 4 is 0 Å². The van der Waals surface area contributed by atoms with Crippen molar-refractivity contribution in [2.75, 3.05) is 26.2 Å². The van der Waals surface area contributed by atoms with Gasteiger partial charge in [0.2, 0.25) is 0 Å². The Morgan fingerprint density at radius 1 is 1.21 bits per heavy atom. The van der Waals surface area contributed by atoms with Gasteiger partial charge in [0, 0.05) is 25.7 Å². The molecule has 1 aliphatic heterocycles. The van der Waals surface area contributed by atoms with Crippen LogP contribution >= 0.6 is 0 Å². The van der Waals surface area contributed by atoms with Crippen LogP contribution in [0.2, 0.25) is 0 Å². The molecule has 1 saturated carbocycles. The Balaban J connectivity index is 1.54. The summed E-state index contributed by atoms with van der Waals surface area (Å²) in [6.45, 7) is 4.01. The summed E-state index contributed by atoms with van der Waals surface area (Å²) < 4.78 is 5.82. The highest BCUT2D eigenvalue weighted by Crippen LogP contribution is 2.21. The second-order valence-corrected chi connectivity index (χ2v) is 4.49. The molecule has 1 aliphatic carbocycles. The molecule has 2 N–H and O–H groups in total. The fourth-order valence-corrected chi connectivity index (χ4v) is 2.45. The Kier molecular flexibility index (Phi) is 3.79. The molecule has 0 aromatic carbocycles. The zero-order valence-electron chi connectivity index (χ0n) is 8.95. The van der Waals surface area contributed by atoms with Crippen LogP contribution in [0.5, 0.6) is 0 Å². The zero-order valence-corrected chi connectivity index (χ0v) is 8.95. The fraction of sp³-hybridized carbons (Fsp3) is 1.00. The molecule has 0 amide bonds. The molecule has 3 nitrogen and oxygen atoms in total. The molecule has 3 heteroatoms. The summed E-state index contributed by atoms with van der Waals surface area (Å²) >= 11 is 0. The van der Waals surface area contributed by atoms with E-state index in [2.05, 4.69) is 4.90 Å². The van der Waals surface area contributed by atoms with Gasteiger partial charge in [-0.3, -0.25) is 4.90 Å². The SMILES string of the molecule is NCC1CCN1CCOC1CCCC1. The third-order valence-electron chi connectivity index (χ3n) is 3.57. The van der Waals surface area contributed by atoms with Crippen LogP contribution < -0.4 is 5.73 Å². The summed E-state index contributed by atoms with van der Waals surface area (Å²) in [4.78, 5) is 2.44. The minimum Gasteiger partial charge on any atom is -0.377 e. The number of rotatable bonds is 5. The minimum absolute atomic E-state index is 0.563. The minimum atomic E-state index is 0.563. The standard InChI is InChI=1S/C11H22N2O/c12-9-10-5-6-13(10)7-8-14-11-3-1-2-4-11/h10-11H,1-9,12H2. The molecule has 0 radical (unpaired) electrons. The molecule has 1 atom stereocenters. The van der Waals surface area contributed by atoms with E-state index in [1.54, 1.807) is 0 Å². The fourth-order valence-electron chi connectivity index (χ4n) is 2.45. The molecule has 14 heavy (non-hydrogen) atoms. The lowest BCUT2D eigenvalue weighted by Gasteiger charge is -2.40. The lowest BCUT2D eigenvalue weighted by Crippen LogP contribution is -2.52. The lowest BCUT2D eigenvalue weighted by atomic mass is 10.0. The van der Waals surface area contributed by atoms with Gasteiger partial charge in [-0.2, -0.15) is 0 Å². The zero-order chi connectivity index (χ0) is 9.80. The van der Waals surface area contributed by atoms with Crippen LogP contribution in [-0.2, 0) is 4.74 Å². The molecule has 0 aromatic rings. The number of hydrogen-bond donors (Lipinski definition) is 1. The predicted molar refractivity (Wildman–Crippen MR) is 57.2 cm³/mol. The van der Waals surface area contributed by atoms with Crippen LogP contribution in [0.1, 0.15) is 32.1 Å². The summed E-state index contributed by atoms with van der Waals surface area (Å²) in [5.41, 5.74) is 5.64. The van der Waals surface area contributed by atoms with Crippen molar-refractivity contribution < 1.29 is 4.74 Å². The van der Waals surface area contributed by atoms with Gasteiger partial charge in [0.05, 0.1) is 12.7 Å². The van der Waals surface area contributed by atoms with Crippen molar-refractivity contribution in [2.45, 2.75) is 44.2 Å².